The molecule has 1 aromatic rings. The minimum absolute atomic E-state index is 0.0153. The van der Waals surface area contributed by atoms with E-state index in [1.807, 2.05) is 18.5 Å². The molecule has 2 aliphatic carbocycles. The number of aliphatic hydroxyl groups is 1. The van der Waals surface area contributed by atoms with Crippen molar-refractivity contribution in [3.63, 3.8) is 0 Å². The maximum atomic E-state index is 10.4. The van der Waals surface area contributed by atoms with Crippen LogP contribution in [0.4, 0.5) is 0 Å². The minimum Gasteiger partial charge on any atom is -0.393 e. The van der Waals surface area contributed by atoms with Crippen LogP contribution in [0.1, 0.15) is 99.0 Å². The first-order chi connectivity index (χ1) is 14.9. The molecule has 2 aliphatic rings. The Kier molecular flexibility index (Phi) is 6.79. The van der Waals surface area contributed by atoms with Gasteiger partial charge in [-0.1, -0.05) is 60.6 Å². The molecule has 0 saturated heterocycles. The van der Waals surface area contributed by atoms with E-state index in [2.05, 4.69) is 71.7 Å². The van der Waals surface area contributed by atoms with Crippen molar-refractivity contribution in [3.05, 3.63) is 47.3 Å². The van der Waals surface area contributed by atoms with Crippen LogP contribution in [-0.2, 0) is 0 Å². The van der Waals surface area contributed by atoms with Gasteiger partial charge in [0.05, 0.1) is 12.2 Å². The largest absolute Gasteiger partial charge is 0.393 e. The lowest BCUT2D eigenvalue weighted by Crippen LogP contribution is -2.43. The van der Waals surface area contributed by atoms with Gasteiger partial charge in [-0.25, -0.2) is 0 Å². The monoisotopic (exact) mass is 434 g/mol. The molecule has 3 heteroatoms. The molecule has 3 rings (SSSR count). The van der Waals surface area contributed by atoms with E-state index in [1.54, 1.807) is 0 Å². The Balaban J connectivity index is 1.94. The van der Waals surface area contributed by atoms with Gasteiger partial charge < -0.3 is 5.11 Å². The molecule has 1 heterocycles. The van der Waals surface area contributed by atoms with Crippen LogP contribution < -0.4 is 0 Å². The Bertz CT molecular complexity index is 934. The van der Waals surface area contributed by atoms with Crippen molar-refractivity contribution in [2.24, 2.45) is 21.7 Å². The third-order valence-electron chi connectivity index (χ3n) is 9.56. The summed E-state index contributed by atoms with van der Waals surface area (Å²) in [5, 5.41) is 20.3. The zero-order chi connectivity index (χ0) is 23.8. The molecule has 0 unspecified atom stereocenters. The van der Waals surface area contributed by atoms with Crippen LogP contribution in [-0.4, -0.2) is 16.2 Å². The molecule has 3 nitrogen and oxygen atoms in total. The number of hydrogen-bond acceptors (Lipinski definition) is 3. The van der Waals surface area contributed by atoms with Crippen LogP contribution in [0, 0.1) is 33.0 Å². The van der Waals surface area contributed by atoms with Crippen LogP contribution in [0.15, 0.2) is 41.7 Å². The van der Waals surface area contributed by atoms with E-state index < -0.39 is 0 Å². The molecule has 0 aliphatic heterocycles. The average Bonchev–Trinajstić information content (AvgIpc) is 3.00. The molecular weight excluding hydrogens is 392 g/mol. The third-order valence-corrected chi connectivity index (χ3v) is 9.56. The molecule has 3 atom stereocenters. The number of nitriles is 1. The Morgan fingerprint density at radius 3 is 2.59 bits per heavy atom. The Morgan fingerprint density at radius 1 is 1.28 bits per heavy atom. The topological polar surface area (TPSA) is 56.9 Å². The smallest absolute Gasteiger partial charge is 0.0946 e. The standard InChI is InChI=1S/C29H42N2O/c1-8-21(19-30)25-18-23(32)11-14-28(25,6)27(4,5)15-16-29(7)24(12-13-26(29,2)3)22-10-9-17-31-20-22/h9-10,12,17,20,23,32H,8,11,13-16,18H2,1-7H3/b25-21+/t23-,28-,29+/m0/s1. The van der Waals surface area contributed by atoms with Gasteiger partial charge in [-0.3, -0.25) is 4.98 Å². The van der Waals surface area contributed by atoms with E-state index in [9.17, 15) is 10.4 Å². The van der Waals surface area contributed by atoms with E-state index in [4.69, 9.17) is 0 Å². The fourth-order valence-electron chi connectivity index (χ4n) is 6.17. The number of rotatable bonds is 6. The van der Waals surface area contributed by atoms with Gasteiger partial charge in [0, 0.05) is 18.0 Å². The normalized spacial score (nSPS) is 31.7. The number of aromatic nitrogens is 1. The van der Waals surface area contributed by atoms with Crippen LogP contribution in [0.5, 0.6) is 0 Å². The van der Waals surface area contributed by atoms with Crippen molar-refractivity contribution < 1.29 is 5.11 Å². The first-order valence-corrected chi connectivity index (χ1v) is 12.3. The summed E-state index contributed by atoms with van der Waals surface area (Å²) in [5.74, 6) is 0. The SMILES string of the molecule is CC/C(C#N)=C1/C[C@@H](O)CC[C@]1(C)C(C)(C)CC[C@]1(C)C(c2cccnc2)=CCC1(C)C. The summed E-state index contributed by atoms with van der Waals surface area (Å²) >= 11 is 0. The summed E-state index contributed by atoms with van der Waals surface area (Å²) in [6, 6.07) is 6.69. The van der Waals surface area contributed by atoms with Crippen LogP contribution >= 0.6 is 0 Å². The second kappa shape index (κ2) is 8.79. The summed E-state index contributed by atoms with van der Waals surface area (Å²) in [7, 11) is 0. The molecule has 0 bridgehead atoms. The second-order valence-electron chi connectivity index (χ2n) is 11.8. The van der Waals surface area contributed by atoms with Crippen LogP contribution in [0.25, 0.3) is 5.57 Å². The van der Waals surface area contributed by atoms with Crippen molar-refractivity contribution in [1.82, 2.24) is 4.98 Å². The Hall–Kier alpha value is -1.92. The molecule has 32 heavy (non-hydrogen) atoms. The first kappa shape index (κ1) is 24.7. The van der Waals surface area contributed by atoms with E-state index in [1.165, 1.54) is 16.7 Å². The highest BCUT2D eigenvalue weighted by Gasteiger charge is 2.51. The lowest BCUT2D eigenvalue weighted by atomic mass is 9.52. The van der Waals surface area contributed by atoms with Crippen molar-refractivity contribution in [2.45, 2.75) is 99.5 Å². The second-order valence-corrected chi connectivity index (χ2v) is 11.8. The number of hydrogen-bond donors (Lipinski definition) is 1. The highest BCUT2D eigenvalue weighted by molar-refractivity contribution is 5.72. The van der Waals surface area contributed by atoms with Crippen LogP contribution in [0.3, 0.4) is 0 Å². The number of nitrogens with zero attached hydrogens (tertiary/aromatic N) is 2. The quantitative estimate of drug-likeness (QED) is 0.472. The van der Waals surface area contributed by atoms with Crippen LogP contribution in [0.2, 0.25) is 0 Å². The van der Waals surface area contributed by atoms with E-state index >= 15 is 0 Å². The molecule has 1 N–H and O–H groups in total. The number of pyridine rings is 1. The summed E-state index contributed by atoms with van der Waals surface area (Å²) in [6.07, 6.45) is 12.3. The lowest BCUT2D eigenvalue weighted by molar-refractivity contribution is 0.0245. The minimum atomic E-state index is -0.324. The Morgan fingerprint density at radius 2 is 2.00 bits per heavy atom. The molecule has 174 valence electrons. The van der Waals surface area contributed by atoms with Gasteiger partial charge in [0.15, 0.2) is 0 Å². The number of aliphatic hydroxyl groups excluding tert-OH is 1. The molecular formula is C29H42N2O. The van der Waals surface area contributed by atoms with E-state index in [-0.39, 0.29) is 27.8 Å². The molecule has 0 amide bonds. The van der Waals surface area contributed by atoms with Gasteiger partial charge in [-0.2, -0.15) is 5.26 Å². The fourth-order valence-corrected chi connectivity index (χ4v) is 6.17. The first-order valence-electron chi connectivity index (χ1n) is 12.3. The van der Waals surface area contributed by atoms with Crippen molar-refractivity contribution >= 4 is 5.57 Å². The van der Waals surface area contributed by atoms with Gasteiger partial charge in [-0.15, -0.1) is 0 Å². The molecule has 0 radical (unpaired) electrons. The van der Waals surface area contributed by atoms with Gasteiger partial charge in [-0.05, 0) is 89.4 Å². The van der Waals surface area contributed by atoms with E-state index in [0.717, 1.165) is 44.1 Å². The van der Waals surface area contributed by atoms with Gasteiger partial charge in [0.2, 0.25) is 0 Å². The highest BCUT2D eigenvalue weighted by atomic mass is 16.3. The highest BCUT2D eigenvalue weighted by Crippen LogP contribution is 2.62. The lowest BCUT2D eigenvalue weighted by Gasteiger charge is -2.52. The van der Waals surface area contributed by atoms with Crippen molar-refractivity contribution in [3.8, 4) is 6.07 Å². The molecule has 1 saturated carbocycles. The fraction of sp³-hybridized carbons (Fsp3) is 0.655. The summed E-state index contributed by atoms with van der Waals surface area (Å²) in [4.78, 5) is 4.39. The van der Waals surface area contributed by atoms with Gasteiger partial charge in [0.25, 0.3) is 0 Å². The molecule has 1 fully saturated rings. The van der Waals surface area contributed by atoms with Crippen molar-refractivity contribution in [1.29, 1.82) is 5.26 Å². The molecule has 0 spiro atoms. The maximum absolute atomic E-state index is 10.4. The number of allylic oxidation sites excluding steroid dienone is 3. The van der Waals surface area contributed by atoms with Gasteiger partial charge in [0.1, 0.15) is 0 Å². The summed E-state index contributed by atoms with van der Waals surface area (Å²) < 4.78 is 0. The molecule has 0 aromatic carbocycles. The predicted molar refractivity (Wildman–Crippen MR) is 133 cm³/mol. The summed E-state index contributed by atoms with van der Waals surface area (Å²) in [5.41, 5.74) is 4.92. The zero-order valence-electron chi connectivity index (χ0n) is 21.3. The third kappa shape index (κ3) is 4.08. The van der Waals surface area contributed by atoms with E-state index in [0.29, 0.717) is 6.42 Å². The molecule has 1 aromatic heterocycles. The predicted octanol–water partition coefficient (Wildman–Crippen LogP) is 7.49. The summed E-state index contributed by atoms with van der Waals surface area (Å²) in [6.45, 7) is 16.4. The van der Waals surface area contributed by atoms with Crippen molar-refractivity contribution in [2.75, 3.05) is 0 Å². The average molecular weight is 435 g/mol. The van der Waals surface area contributed by atoms with Gasteiger partial charge >= 0.3 is 0 Å². The maximum Gasteiger partial charge on any atom is 0.0946 e. The Labute approximate surface area is 195 Å². The zero-order valence-corrected chi connectivity index (χ0v) is 21.3.